The second kappa shape index (κ2) is 9.29. The van der Waals surface area contributed by atoms with Crippen LogP contribution in [0.25, 0.3) is 0 Å². The number of aromatic nitrogens is 1. The number of likely N-dealkylation sites (tertiary alicyclic amines) is 1. The zero-order valence-corrected chi connectivity index (χ0v) is 18.7. The highest BCUT2D eigenvalue weighted by Gasteiger charge is 2.39. The van der Waals surface area contributed by atoms with Crippen molar-refractivity contribution in [2.24, 2.45) is 5.92 Å². The Morgan fingerprint density at radius 3 is 2.60 bits per heavy atom. The van der Waals surface area contributed by atoms with Gasteiger partial charge in [0, 0.05) is 29.2 Å². The molecule has 1 aliphatic carbocycles. The van der Waals surface area contributed by atoms with Crippen LogP contribution in [-0.2, 0) is 22.6 Å². The summed E-state index contributed by atoms with van der Waals surface area (Å²) in [4.78, 5) is 31.8. The molecule has 1 aliphatic heterocycles. The third kappa shape index (κ3) is 5.09. The summed E-state index contributed by atoms with van der Waals surface area (Å²) in [6.07, 6.45) is 8.32. The van der Waals surface area contributed by atoms with Crippen molar-refractivity contribution in [1.29, 1.82) is 0 Å². The Kier molecular flexibility index (Phi) is 6.52. The van der Waals surface area contributed by atoms with Gasteiger partial charge in [-0.25, -0.2) is 0 Å². The third-order valence-electron chi connectivity index (χ3n) is 6.32. The van der Waals surface area contributed by atoms with Crippen molar-refractivity contribution < 1.29 is 9.59 Å². The standard InChI is InChI=1S/C24H28BrN3O2/c25-20-9-7-18(8-10-20)15-24(11-3-1-4-12-24)27-23(30)19-14-22(29)28(16-19)17-21-6-2-5-13-26-21/h2,5-10,13,19H,1,3-4,11-12,14-17H2,(H,27,30). The van der Waals surface area contributed by atoms with E-state index < -0.39 is 0 Å². The van der Waals surface area contributed by atoms with Crippen LogP contribution in [0.5, 0.6) is 0 Å². The van der Waals surface area contributed by atoms with Crippen molar-refractivity contribution in [3.8, 4) is 0 Å². The SMILES string of the molecule is O=C(NC1(Cc2ccc(Br)cc2)CCCCC1)C1CC(=O)N(Cc2ccccn2)C1. The number of halogens is 1. The fourth-order valence-corrected chi connectivity index (χ4v) is 4.98. The highest BCUT2D eigenvalue weighted by molar-refractivity contribution is 9.10. The first-order valence-corrected chi connectivity index (χ1v) is 11.6. The van der Waals surface area contributed by atoms with Crippen LogP contribution in [0.2, 0.25) is 0 Å². The topological polar surface area (TPSA) is 62.3 Å². The molecule has 158 valence electrons. The Morgan fingerprint density at radius 1 is 1.13 bits per heavy atom. The summed E-state index contributed by atoms with van der Waals surface area (Å²) in [5, 5.41) is 3.40. The number of nitrogens with zero attached hydrogens (tertiary/aromatic N) is 2. The lowest BCUT2D eigenvalue weighted by molar-refractivity contribution is -0.130. The van der Waals surface area contributed by atoms with Crippen LogP contribution in [0.15, 0.2) is 53.1 Å². The summed E-state index contributed by atoms with van der Waals surface area (Å²) < 4.78 is 1.06. The minimum absolute atomic E-state index is 0.0193. The zero-order chi connectivity index (χ0) is 21.0. The molecule has 0 bridgehead atoms. The van der Waals surface area contributed by atoms with E-state index in [9.17, 15) is 9.59 Å². The third-order valence-corrected chi connectivity index (χ3v) is 6.85. The molecule has 6 heteroatoms. The number of hydrogen-bond acceptors (Lipinski definition) is 3. The molecular formula is C24H28BrN3O2. The van der Waals surface area contributed by atoms with Gasteiger partial charge in [0.2, 0.25) is 11.8 Å². The molecule has 0 radical (unpaired) electrons. The van der Waals surface area contributed by atoms with Crippen LogP contribution < -0.4 is 5.32 Å². The fourth-order valence-electron chi connectivity index (χ4n) is 4.72. The molecule has 2 aliphatic rings. The predicted octanol–water partition coefficient (Wildman–Crippen LogP) is 4.25. The molecule has 1 aromatic heterocycles. The molecule has 2 amide bonds. The predicted molar refractivity (Wildman–Crippen MR) is 120 cm³/mol. The van der Waals surface area contributed by atoms with E-state index >= 15 is 0 Å². The van der Waals surface area contributed by atoms with E-state index in [1.165, 1.54) is 12.0 Å². The fraction of sp³-hybridized carbons (Fsp3) is 0.458. The molecule has 2 fully saturated rings. The van der Waals surface area contributed by atoms with E-state index in [1.54, 1.807) is 11.1 Å². The summed E-state index contributed by atoms with van der Waals surface area (Å²) in [5.74, 6) is -0.234. The monoisotopic (exact) mass is 469 g/mol. The molecule has 1 atom stereocenters. The maximum Gasteiger partial charge on any atom is 0.225 e. The molecule has 0 spiro atoms. The van der Waals surface area contributed by atoms with E-state index in [1.807, 2.05) is 18.2 Å². The van der Waals surface area contributed by atoms with Crippen molar-refractivity contribution in [2.75, 3.05) is 6.54 Å². The maximum absolute atomic E-state index is 13.2. The average molecular weight is 470 g/mol. The number of pyridine rings is 1. The first-order chi connectivity index (χ1) is 14.5. The molecule has 2 heterocycles. The van der Waals surface area contributed by atoms with E-state index in [4.69, 9.17) is 0 Å². The maximum atomic E-state index is 13.2. The molecule has 1 saturated carbocycles. The summed E-state index contributed by atoms with van der Waals surface area (Å²) in [7, 11) is 0. The quantitative estimate of drug-likeness (QED) is 0.687. The van der Waals surface area contributed by atoms with Crippen molar-refractivity contribution in [2.45, 2.75) is 57.0 Å². The molecular weight excluding hydrogens is 442 g/mol. The van der Waals surface area contributed by atoms with Crippen molar-refractivity contribution in [3.05, 3.63) is 64.4 Å². The summed E-state index contributed by atoms with van der Waals surface area (Å²) in [6.45, 7) is 0.934. The van der Waals surface area contributed by atoms with Gasteiger partial charge in [0.25, 0.3) is 0 Å². The highest BCUT2D eigenvalue weighted by atomic mass is 79.9. The summed E-state index contributed by atoms with van der Waals surface area (Å²) >= 11 is 3.49. The van der Waals surface area contributed by atoms with Crippen LogP contribution in [0.4, 0.5) is 0 Å². The molecule has 4 rings (SSSR count). The normalized spacial score (nSPS) is 20.9. The number of carbonyl (C=O) groups excluding carboxylic acids is 2. The van der Waals surface area contributed by atoms with Crippen LogP contribution >= 0.6 is 15.9 Å². The second-order valence-electron chi connectivity index (χ2n) is 8.63. The van der Waals surface area contributed by atoms with Crippen molar-refractivity contribution in [3.63, 3.8) is 0 Å². The van der Waals surface area contributed by atoms with Crippen LogP contribution in [-0.4, -0.2) is 33.8 Å². The van der Waals surface area contributed by atoms with Gasteiger partial charge < -0.3 is 10.2 Å². The summed E-state index contributed by atoms with van der Waals surface area (Å²) in [5.41, 5.74) is 1.88. The lowest BCUT2D eigenvalue weighted by Crippen LogP contribution is -2.53. The minimum atomic E-state index is -0.287. The molecule has 1 unspecified atom stereocenters. The number of hydrogen-bond donors (Lipinski definition) is 1. The number of rotatable bonds is 6. The molecule has 1 N–H and O–H groups in total. The minimum Gasteiger partial charge on any atom is -0.350 e. The Hall–Kier alpha value is -2.21. The molecule has 5 nitrogen and oxygen atoms in total. The Bertz CT molecular complexity index is 879. The molecule has 1 saturated heterocycles. The van der Waals surface area contributed by atoms with Gasteiger partial charge in [-0.3, -0.25) is 14.6 Å². The lowest BCUT2D eigenvalue weighted by Gasteiger charge is -2.39. The Balaban J connectivity index is 1.42. The van der Waals surface area contributed by atoms with Gasteiger partial charge in [0.1, 0.15) is 0 Å². The van der Waals surface area contributed by atoms with E-state index in [0.29, 0.717) is 13.1 Å². The van der Waals surface area contributed by atoms with Gasteiger partial charge in [-0.1, -0.05) is 53.4 Å². The number of benzene rings is 1. The molecule has 1 aromatic carbocycles. The van der Waals surface area contributed by atoms with E-state index in [0.717, 1.165) is 42.3 Å². The van der Waals surface area contributed by atoms with E-state index in [-0.39, 0.29) is 29.7 Å². The van der Waals surface area contributed by atoms with E-state index in [2.05, 4.69) is 50.5 Å². The highest BCUT2D eigenvalue weighted by Crippen LogP contribution is 2.33. The van der Waals surface area contributed by atoms with Gasteiger partial charge >= 0.3 is 0 Å². The van der Waals surface area contributed by atoms with Crippen molar-refractivity contribution in [1.82, 2.24) is 15.2 Å². The van der Waals surface area contributed by atoms with Crippen LogP contribution in [0, 0.1) is 5.92 Å². The first-order valence-electron chi connectivity index (χ1n) is 10.8. The van der Waals surface area contributed by atoms with Crippen LogP contribution in [0.1, 0.15) is 49.8 Å². The zero-order valence-electron chi connectivity index (χ0n) is 17.1. The number of amides is 2. The average Bonchev–Trinajstić information content (AvgIpc) is 3.12. The first kappa shape index (κ1) is 21.0. The number of carbonyl (C=O) groups is 2. The molecule has 30 heavy (non-hydrogen) atoms. The molecule has 2 aromatic rings. The number of nitrogens with one attached hydrogen (secondary N) is 1. The lowest BCUT2D eigenvalue weighted by atomic mass is 9.77. The Labute approximate surface area is 186 Å². The van der Waals surface area contributed by atoms with Gasteiger partial charge in [-0.15, -0.1) is 0 Å². The van der Waals surface area contributed by atoms with Crippen LogP contribution in [0.3, 0.4) is 0 Å². The Morgan fingerprint density at radius 2 is 1.90 bits per heavy atom. The van der Waals surface area contributed by atoms with Gasteiger partial charge in [0.05, 0.1) is 18.2 Å². The van der Waals surface area contributed by atoms with Crippen molar-refractivity contribution >= 4 is 27.7 Å². The largest absolute Gasteiger partial charge is 0.350 e. The summed E-state index contributed by atoms with van der Waals surface area (Å²) in [6, 6.07) is 14.1. The van der Waals surface area contributed by atoms with Gasteiger partial charge in [-0.2, -0.15) is 0 Å². The van der Waals surface area contributed by atoms with Gasteiger partial charge in [0.15, 0.2) is 0 Å². The van der Waals surface area contributed by atoms with Gasteiger partial charge in [-0.05, 0) is 49.1 Å². The smallest absolute Gasteiger partial charge is 0.225 e. The second-order valence-corrected chi connectivity index (χ2v) is 9.55.